The van der Waals surface area contributed by atoms with Gasteiger partial charge in [-0.3, -0.25) is 0 Å². The minimum Gasteiger partial charge on any atom is -0.479 e. The highest BCUT2D eigenvalue weighted by Gasteiger charge is 2.19. The van der Waals surface area contributed by atoms with Crippen LogP contribution < -0.4 is 5.73 Å². The number of anilines is 1. The van der Waals surface area contributed by atoms with Crippen molar-refractivity contribution in [3.63, 3.8) is 0 Å². The van der Waals surface area contributed by atoms with E-state index < -0.39 is 12.1 Å². The molecule has 0 amide bonds. The summed E-state index contributed by atoms with van der Waals surface area (Å²) in [7, 11) is 0. The highest BCUT2D eigenvalue weighted by Crippen LogP contribution is 2.22. The molecule has 88 valence electrons. The lowest BCUT2D eigenvalue weighted by Gasteiger charge is -2.12. The Hall–Kier alpha value is -1.26. The molecule has 4 N–H and O–H groups in total. The molecule has 0 radical (unpaired) electrons. The zero-order valence-electron chi connectivity index (χ0n) is 8.69. The quantitative estimate of drug-likeness (QED) is 0.541. The zero-order chi connectivity index (χ0) is 12.1. The Morgan fingerprint density at radius 1 is 1.50 bits per heavy atom. The Kier molecular flexibility index (Phi) is 4.58. The van der Waals surface area contributed by atoms with Crippen LogP contribution in [0.5, 0.6) is 0 Å². The van der Waals surface area contributed by atoms with E-state index in [-0.39, 0.29) is 0 Å². The van der Waals surface area contributed by atoms with Gasteiger partial charge in [-0.2, -0.15) is 0 Å². The third kappa shape index (κ3) is 3.12. The summed E-state index contributed by atoms with van der Waals surface area (Å²) >= 11 is 5.57. The molecule has 0 fully saturated rings. The van der Waals surface area contributed by atoms with E-state index in [1.54, 1.807) is 12.1 Å². The van der Waals surface area contributed by atoms with E-state index in [9.17, 15) is 9.90 Å². The fraction of sp³-hybridized carbons (Fsp3) is 0.364. The number of halogens is 1. The summed E-state index contributed by atoms with van der Waals surface area (Å²) in [4.78, 5) is 10.7. The number of aliphatic carboxylic acids is 1. The second-order valence-corrected chi connectivity index (χ2v) is 3.87. The van der Waals surface area contributed by atoms with E-state index >= 15 is 0 Å². The predicted molar refractivity (Wildman–Crippen MR) is 62.5 cm³/mol. The first-order valence-corrected chi connectivity index (χ1v) is 5.45. The number of aliphatic hydroxyl groups excluding tert-OH is 1. The molecule has 0 spiro atoms. The summed E-state index contributed by atoms with van der Waals surface area (Å²) in [5.41, 5.74) is 7.11. The van der Waals surface area contributed by atoms with Crippen molar-refractivity contribution in [1.29, 1.82) is 0 Å². The van der Waals surface area contributed by atoms with E-state index in [0.29, 0.717) is 23.6 Å². The summed E-state index contributed by atoms with van der Waals surface area (Å²) < 4.78 is 0. The molecule has 4 nitrogen and oxygen atoms in total. The van der Waals surface area contributed by atoms with Crippen molar-refractivity contribution in [1.82, 2.24) is 0 Å². The second kappa shape index (κ2) is 5.72. The molecule has 1 aromatic rings. The van der Waals surface area contributed by atoms with Crippen LogP contribution in [0.3, 0.4) is 0 Å². The van der Waals surface area contributed by atoms with E-state index in [2.05, 4.69) is 0 Å². The van der Waals surface area contributed by atoms with Crippen LogP contribution in [0.25, 0.3) is 0 Å². The van der Waals surface area contributed by atoms with Gasteiger partial charge in [-0.05, 0) is 36.1 Å². The van der Waals surface area contributed by atoms with Crippen molar-refractivity contribution in [2.75, 3.05) is 11.6 Å². The molecule has 1 unspecified atom stereocenters. The van der Waals surface area contributed by atoms with Gasteiger partial charge in [-0.25, -0.2) is 4.79 Å². The molecule has 1 aromatic carbocycles. The van der Waals surface area contributed by atoms with Crippen LogP contribution in [0.1, 0.15) is 23.7 Å². The van der Waals surface area contributed by atoms with Crippen LogP contribution in [0.4, 0.5) is 5.69 Å². The first-order valence-electron chi connectivity index (χ1n) is 4.91. The molecular weight excluding hydrogens is 230 g/mol. The zero-order valence-corrected chi connectivity index (χ0v) is 9.44. The molecule has 0 aromatic heterocycles. The molecule has 0 bridgehead atoms. The standard InChI is InChI=1S/C11H14ClNO3/c12-5-1-2-7-3-4-8(13)6-9(7)10(14)11(15)16/h3-4,6,10,14H,1-2,5,13H2,(H,15,16). The Balaban J connectivity index is 3.02. The lowest BCUT2D eigenvalue weighted by atomic mass is 9.98. The van der Waals surface area contributed by atoms with E-state index in [0.717, 1.165) is 12.0 Å². The number of benzene rings is 1. The maximum absolute atomic E-state index is 10.7. The number of aryl methyl sites for hydroxylation is 1. The van der Waals surface area contributed by atoms with Crippen molar-refractivity contribution in [2.24, 2.45) is 0 Å². The molecule has 1 rings (SSSR count). The third-order valence-corrected chi connectivity index (χ3v) is 2.55. The fourth-order valence-corrected chi connectivity index (χ4v) is 1.62. The number of rotatable bonds is 5. The normalized spacial score (nSPS) is 12.4. The summed E-state index contributed by atoms with van der Waals surface area (Å²) in [6.07, 6.45) is -0.178. The number of alkyl halides is 1. The van der Waals surface area contributed by atoms with Crippen molar-refractivity contribution >= 4 is 23.3 Å². The topological polar surface area (TPSA) is 83.5 Å². The largest absolute Gasteiger partial charge is 0.479 e. The highest BCUT2D eigenvalue weighted by molar-refractivity contribution is 6.17. The molecule has 0 heterocycles. The van der Waals surface area contributed by atoms with Crippen LogP contribution in [-0.4, -0.2) is 22.1 Å². The van der Waals surface area contributed by atoms with Gasteiger partial charge in [0.15, 0.2) is 6.10 Å². The average molecular weight is 244 g/mol. The SMILES string of the molecule is Nc1ccc(CCCCl)c(C(O)C(=O)O)c1. The van der Waals surface area contributed by atoms with Crippen molar-refractivity contribution in [3.05, 3.63) is 29.3 Å². The van der Waals surface area contributed by atoms with Gasteiger partial charge in [0.25, 0.3) is 0 Å². The van der Waals surface area contributed by atoms with Crippen LogP contribution in [0.2, 0.25) is 0 Å². The van der Waals surface area contributed by atoms with Gasteiger partial charge in [0, 0.05) is 11.6 Å². The van der Waals surface area contributed by atoms with E-state index in [1.165, 1.54) is 6.07 Å². The van der Waals surface area contributed by atoms with Crippen LogP contribution in [0.15, 0.2) is 18.2 Å². The maximum atomic E-state index is 10.7. The summed E-state index contributed by atoms with van der Waals surface area (Å²) in [6, 6.07) is 4.90. The molecule has 5 heteroatoms. The minimum absolute atomic E-state index is 0.345. The van der Waals surface area contributed by atoms with Gasteiger partial charge >= 0.3 is 5.97 Å². The lowest BCUT2D eigenvalue weighted by molar-refractivity contribution is -0.147. The Morgan fingerprint density at radius 2 is 2.19 bits per heavy atom. The molecule has 0 saturated carbocycles. The molecule has 0 aliphatic carbocycles. The molecule has 0 aliphatic rings. The first kappa shape index (κ1) is 12.8. The number of hydrogen-bond donors (Lipinski definition) is 3. The monoisotopic (exact) mass is 243 g/mol. The number of nitrogen functional groups attached to an aromatic ring is 1. The van der Waals surface area contributed by atoms with Gasteiger partial charge in [-0.15, -0.1) is 11.6 Å². The maximum Gasteiger partial charge on any atom is 0.337 e. The Bertz CT molecular complexity index is 381. The number of carbonyl (C=O) groups is 1. The number of carboxylic acid groups (broad SMARTS) is 1. The summed E-state index contributed by atoms with van der Waals surface area (Å²) in [5.74, 6) is -0.787. The van der Waals surface area contributed by atoms with Crippen LogP contribution in [-0.2, 0) is 11.2 Å². The summed E-state index contributed by atoms with van der Waals surface area (Å²) in [5, 5.41) is 18.3. The van der Waals surface area contributed by atoms with Gasteiger partial charge < -0.3 is 15.9 Å². The first-order chi connectivity index (χ1) is 7.56. The van der Waals surface area contributed by atoms with Crippen LogP contribution in [0, 0.1) is 0 Å². The molecule has 1 atom stereocenters. The van der Waals surface area contributed by atoms with Gasteiger partial charge in [0.1, 0.15) is 0 Å². The Morgan fingerprint density at radius 3 is 2.75 bits per heavy atom. The second-order valence-electron chi connectivity index (χ2n) is 3.49. The number of carboxylic acids is 1. The van der Waals surface area contributed by atoms with E-state index in [1.807, 2.05) is 0 Å². The van der Waals surface area contributed by atoms with E-state index in [4.69, 9.17) is 22.4 Å². The highest BCUT2D eigenvalue weighted by atomic mass is 35.5. The third-order valence-electron chi connectivity index (χ3n) is 2.28. The number of hydrogen-bond acceptors (Lipinski definition) is 3. The molecular formula is C11H14ClNO3. The smallest absolute Gasteiger partial charge is 0.337 e. The van der Waals surface area contributed by atoms with Gasteiger partial charge in [0.05, 0.1) is 0 Å². The number of aliphatic hydroxyl groups is 1. The lowest BCUT2D eigenvalue weighted by Crippen LogP contribution is -2.13. The van der Waals surface area contributed by atoms with Gasteiger partial charge in [0.2, 0.25) is 0 Å². The average Bonchev–Trinajstić information content (AvgIpc) is 2.26. The predicted octanol–water partition coefficient (Wildman–Crippen LogP) is 1.56. The summed E-state index contributed by atoms with van der Waals surface area (Å²) in [6.45, 7) is 0. The van der Waals surface area contributed by atoms with Gasteiger partial charge in [-0.1, -0.05) is 6.07 Å². The molecule has 16 heavy (non-hydrogen) atoms. The molecule has 0 saturated heterocycles. The van der Waals surface area contributed by atoms with Crippen LogP contribution >= 0.6 is 11.6 Å². The minimum atomic E-state index is -1.53. The van der Waals surface area contributed by atoms with Crippen molar-refractivity contribution in [2.45, 2.75) is 18.9 Å². The fourth-order valence-electron chi connectivity index (χ4n) is 1.49. The number of nitrogens with two attached hydrogens (primary N) is 1. The molecule has 0 aliphatic heterocycles. The Labute approximate surface area is 98.6 Å². The van der Waals surface area contributed by atoms with Crippen molar-refractivity contribution < 1.29 is 15.0 Å². The van der Waals surface area contributed by atoms with Crippen molar-refractivity contribution in [3.8, 4) is 0 Å².